The summed E-state index contributed by atoms with van der Waals surface area (Å²) in [7, 11) is 1.63. The Hall–Kier alpha value is -1.56. The molecule has 0 aliphatic heterocycles. The summed E-state index contributed by atoms with van der Waals surface area (Å²) in [5.41, 5.74) is 0.993. The van der Waals surface area contributed by atoms with Crippen LogP contribution in [-0.2, 0) is 13.5 Å². The van der Waals surface area contributed by atoms with E-state index in [0.29, 0.717) is 6.42 Å². The molecule has 0 bridgehead atoms. The zero-order valence-corrected chi connectivity index (χ0v) is 8.36. The molecule has 0 N–H and O–H groups in total. The van der Waals surface area contributed by atoms with Crippen LogP contribution in [-0.4, -0.2) is 26.0 Å². The molecule has 0 fully saturated rings. The van der Waals surface area contributed by atoms with Crippen LogP contribution in [0.3, 0.4) is 0 Å². The molecule has 2 aromatic heterocycles. The maximum atomic E-state index is 11.6. The molecule has 2 heterocycles. The van der Waals surface area contributed by atoms with Crippen LogP contribution in [0, 0.1) is 0 Å². The summed E-state index contributed by atoms with van der Waals surface area (Å²) in [6.45, 7) is 0. The summed E-state index contributed by atoms with van der Waals surface area (Å²) in [5, 5.41) is 15.0. The number of nitrogens with zero attached hydrogens (tertiary/aromatic N) is 4. The molecule has 0 aromatic carbocycles. The zero-order valence-electron chi connectivity index (χ0n) is 7.54. The molecule has 2 aromatic rings. The molecule has 0 saturated heterocycles. The number of tetrazole rings is 1. The Morgan fingerprint density at radius 3 is 3.07 bits per heavy atom. The van der Waals surface area contributed by atoms with Crippen LogP contribution in [0.4, 0.5) is 0 Å². The van der Waals surface area contributed by atoms with Gasteiger partial charge in [0.2, 0.25) is 11.6 Å². The van der Waals surface area contributed by atoms with Gasteiger partial charge < -0.3 is 0 Å². The molecule has 0 spiro atoms. The first kappa shape index (κ1) is 9.01. The Bertz CT molecular complexity index is 434. The molecule has 2 rings (SSSR count). The van der Waals surface area contributed by atoms with Crippen molar-refractivity contribution >= 4 is 17.1 Å². The van der Waals surface area contributed by atoms with Crippen molar-refractivity contribution in [2.45, 2.75) is 6.42 Å². The molecule has 0 saturated carbocycles. The third-order valence-electron chi connectivity index (χ3n) is 1.70. The van der Waals surface area contributed by atoms with Gasteiger partial charge in [-0.25, -0.2) is 0 Å². The summed E-state index contributed by atoms with van der Waals surface area (Å²) < 4.78 is 0. The van der Waals surface area contributed by atoms with Crippen molar-refractivity contribution in [1.82, 2.24) is 20.2 Å². The lowest BCUT2D eigenvalue weighted by atomic mass is 10.2. The van der Waals surface area contributed by atoms with E-state index in [1.165, 1.54) is 4.80 Å². The second-order valence-corrected chi connectivity index (χ2v) is 3.61. The standard InChI is InChI=1S/C8H8N4OS/c1-12-10-8(9-11-12)7(13)4-6-2-3-14-5-6/h2-3,5H,4H2,1H3. The largest absolute Gasteiger partial charge is 0.290 e. The van der Waals surface area contributed by atoms with Crippen LogP contribution in [0.5, 0.6) is 0 Å². The number of aromatic nitrogens is 4. The van der Waals surface area contributed by atoms with Crippen molar-refractivity contribution in [3.05, 3.63) is 28.2 Å². The van der Waals surface area contributed by atoms with Gasteiger partial charge in [0.1, 0.15) is 0 Å². The van der Waals surface area contributed by atoms with E-state index in [0.717, 1.165) is 5.56 Å². The van der Waals surface area contributed by atoms with Gasteiger partial charge >= 0.3 is 0 Å². The van der Waals surface area contributed by atoms with Crippen molar-refractivity contribution < 1.29 is 4.79 Å². The number of carbonyl (C=O) groups is 1. The van der Waals surface area contributed by atoms with Gasteiger partial charge in [0.15, 0.2) is 0 Å². The van der Waals surface area contributed by atoms with E-state index in [-0.39, 0.29) is 11.6 Å². The first-order chi connectivity index (χ1) is 6.75. The van der Waals surface area contributed by atoms with Gasteiger partial charge in [-0.1, -0.05) is 0 Å². The van der Waals surface area contributed by atoms with Crippen LogP contribution in [0.25, 0.3) is 0 Å². The number of Topliss-reactive ketones (excluding diaryl/α,β-unsaturated/α-hetero) is 1. The predicted octanol–water partition coefficient (Wildman–Crippen LogP) is 0.697. The fraction of sp³-hybridized carbons (Fsp3) is 0.250. The van der Waals surface area contributed by atoms with Crippen molar-refractivity contribution in [2.75, 3.05) is 0 Å². The minimum Gasteiger partial charge on any atom is -0.290 e. The average Bonchev–Trinajstić information content (AvgIpc) is 2.75. The van der Waals surface area contributed by atoms with Gasteiger partial charge in [0, 0.05) is 6.42 Å². The number of rotatable bonds is 3. The van der Waals surface area contributed by atoms with Crippen LogP contribution >= 0.6 is 11.3 Å². The second-order valence-electron chi connectivity index (χ2n) is 2.83. The fourth-order valence-corrected chi connectivity index (χ4v) is 1.72. The molecule has 72 valence electrons. The Morgan fingerprint density at radius 2 is 2.50 bits per heavy atom. The number of thiophene rings is 1. The Balaban J connectivity index is 2.10. The number of hydrogen-bond donors (Lipinski definition) is 0. The molecule has 14 heavy (non-hydrogen) atoms. The average molecular weight is 208 g/mol. The predicted molar refractivity (Wildman–Crippen MR) is 51.2 cm³/mol. The maximum Gasteiger partial charge on any atom is 0.240 e. The number of ketones is 1. The minimum absolute atomic E-state index is 0.100. The van der Waals surface area contributed by atoms with Gasteiger partial charge in [0.05, 0.1) is 7.05 Å². The van der Waals surface area contributed by atoms with Gasteiger partial charge in [0.25, 0.3) is 0 Å². The first-order valence-electron chi connectivity index (χ1n) is 4.04. The van der Waals surface area contributed by atoms with Crippen molar-refractivity contribution in [3.63, 3.8) is 0 Å². The molecular weight excluding hydrogens is 200 g/mol. The highest BCUT2D eigenvalue weighted by Gasteiger charge is 2.12. The Labute approximate surface area is 84.4 Å². The van der Waals surface area contributed by atoms with E-state index in [1.807, 2.05) is 16.8 Å². The SMILES string of the molecule is Cn1nnc(C(=O)Cc2ccsc2)n1. The third-order valence-corrected chi connectivity index (χ3v) is 2.43. The normalized spacial score (nSPS) is 10.4. The maximum absolute atomic E-state index is 11.6. The molecule has 5 nitrogen and oxygen atoms in total. The monoisotopic (exact) mass is 208 g/mol. The molecular formula is C8H8N4OS. The highest BCUT2D eigenvalue weighted by molar-refractivity contribution is 7.08. The van der Waals surface area contributed by atoms with Crippen LogP contribution in [0.2, 0.25) is 0 Å². The summed E-state index contributed by atoms with van der Waals surface area (Å²) in [4.78, 5) is 12.8. The topological polar surface area (TPSA) is 60.7 Å². The highest BCUT2D eigenvalue weighted by Crippen LogP contribution is 2.08. The summed E-state index contributed by atoms with van der Waals surface area (Å²) >= 11 is 1.57. The minimum atomic E-state index is -0.100. The van der Waals surface area contributed by atoms with Gasteiger partial charge in [-0.05, 0) is 27.6 Å². The van der Waals surface area contributed by atoms with Gasteiger partial charge in [-0.15, -0.1) is 10.2 Å². The quantitative estimate of drug-likeness (QED) is 0.696. The van der Waals surface area contributed by atoms with Crippen molar-refractivity contribution in [1.29, 1.82) is 0 Å². The lowest BCUT2D eigenvalue weighted by Crippen LogP contribution is -2.05. The van der Waals surface area contributed by atoms with Gasteiger partial charge in [-0.2, -0.15) is 16.1 Å². The van der Waals surface area contributed by atoms with E-state index in [4.69, 9.17) is 0 Å². The molecule has 0 aliphatic carbocycles. The molecule has 0 aliphatic rings. The smallest absolute Gasteiger partial charge is 0.240 e. The van der Waals surface area contributed by atoms with Crippen LogP contribution in [0.1, 0.15) is 16.2 Å². The summed E-state index contributed by atoms with van der Waals surface area (Å²) in [6, 6.07) is 1.92. The van der Waals surface area contributed by atoms with Gasteiger partial charge in [-0.3, -0.25) is 4.79 Å². The van der Waals surface area contributed by atoms with E-state index in [1.54, 1.807) is 18.4 Å². The third kappa shape index (κ3) is 1.85. The Kier molecular flexibility index (Phi) is 2.36. The van der Waals surface area contributed by atoms with E-state index < -0.39 is 0 Å². The van der Waals surface area contributed by atoms with Crippen molar-refractivity contribution in [3.8, 4) is 0 Å². The number of carbonyl (C=O) groups excluding carboxylic acids is 1. The Morgan fingerprint density at radius 1 is 1.64 bits per heavy atom. The van der Waals surface area contributed by atoms with Crippen LogP contribution < -0.4 is 0 Å². The lowest BCUT2D eigenvalue weighted by molar-refractivity contribution is 0.0983. The molecule has 0 radical (unpaired) electrons. The number of hydrogen-bond acceptors (Lipinski definition) is 5. The summed E-state index contributed by atoms with van der Waals surface area (Å²) in [6.07, 6.45) is 0.342. The van der Waals surface area contributed by atoms with Crippen LogP contribution in [0.15, 0.2) is 16.8 Å². The first-order valence-corrected chi connectivity index (χ1v) is 4.98. The zero-order chi connectivity index (χ0) is 9.97. The highest BCUT2D eigenvalue weighted by atomic mass is 32.1. The van der Waals surface area contributed by atoms with E-state index in [9.17, 15) is 4.79 Å². The molecule has 0 amide bonds. The van der Waals surface area contributed by atoms with Crippen molar-refractivity contribution in [2.24, 2.45) is 7.05 Å². The van der Waals surface area contributed by atoms with E-state index >= 15 is 0 Å². The molecule has 0 unspecified atom stereocenters. The second kappa shape index (κ2) is 3.67. The summed E-state index contributed by atoms with van der Waals surface area (Å²) in [5.74, 6) is 0.0789. The number of aryl methyl sites for hydroxylation is 1. The van der Waals surface area contributed by atoms with E-state index in [2.05, 4.69) is 15.4 Å². The molecule has 6 heteroatoms. The molecule has 0 atom stereocenters. The lowest BCUT2D eigenvalue weighted by Gasteiger charge is -1.91. The fourth-order valence-electron chi connectivity index (χ4n) is 1.05.